The normalized spacial score (nSPS) is 12.9. The van der Waals surface area contributed by atoms with Gasteiger partial charge >= 0.3 is 0 Å². The van der Waals surface area contributed by atoms with Crippen molar-refractivity contribution in [2.75, 3.05) is 18.1 Å². The number of rotatable bonds is 7. The van der Waals surface area contributed by atoms with Gasteiger partial charge in [0.1, 0.15) is 0 Å². The van der Waals surface area contributed by atoms with Crippen LogP contribution in [0.2, 0.25) is 0 Å². The minimum Gasteiger partial charge on any atom is -0.354 e. The summed E-state index contributed by atoms with van der Waals surface area (Å²) in [6, 6.07) is 9.58. The van der Waals surface area contributed by atoms with E-state index in [1.54, 1.807) is 6.92 Å². The standard InChI is InChI=1S/C13H19NO3S2/c1-2-19(16,17)9-8-14-13(15)12(18)10-11-6-4-3-5-7-11/h3-7,12,18H,2,8-10H2,1H3,(H,14,15). The van der Waals surface area contributed by atoms with Crippen molar-refractivity contribution in [1.29, 1.82) is 0 Å². The number of hydrogen-bond donors (Lipinski definition) is 2. The number of thiol groups is 1. The van der Waals surface area contributed by atoms with E-state index in [4.69, 9.17) is 0 Å². The van der Waals surface area contributed by atoms with Gasteiger partial charge in [-0.2, -0.15) is 12.6 Å². The Kier molecular flexibility index (Phi) is 6.37. The minimum atomic E-state index is -3.04. The number of nitrogens with one attached hydrogen (secondary N) is 1. The summed E-state index contributed by atoms with van der Waals surface area (Å²) in [5, 5.41) is 2.13. The van der Waals surface area contributed by atoms with E-state index in [9.17, 15) is 13.2 Å². The number of hydrogen-bond acceptors (Lipinski definition) is 4. The lowest BCUT2D eigenvalue weighted by atomic mass is 10.1. The van der Waals surface area contributed by atoms with E-state index in [2.05, 4.69) is 17.9 Å². The minimum absolute atomic E-state index is 0.0267. The molecule has 0 aromatic heterocycles. The molecular formula is C13H19NO3S2. The number of sulfone groups is 1. The van der Waals surface area contributed by atoms with Crippen LogP contribution >= 0.6 is 12.6 Å². The zero-order valence-corrected chi connectivity index (χ0v) is 12.6. The van der Waals surface area contributed by atoms with Crippen LogP contribution in [0, 0.1) is 0 Å². The van der Waals surface area contributed by atoms with Crippen LogP contribution in [0.5, 0.6) is 0 Å². The van der Waals surface area contributed by atoms with Crippen molar-refractivity contribution < 1.29 is 13.2 Å². The second-order valence-corrected chi connectivity index (χ2v) is 7.33. The zero-order chi connectivity index (χ0) is 14.3. The molecule has 19 heavy (non-hydrogen) atoms. The first-order valence-electron chi connectivity index (χ1n) is 6.14. The number of carbonyl (C=O) groups excluding carboxylic acids is 1. The summed E-state index contributed by atoms with van der Waals surface area (Å²) in [4.78, 5) is 11.7. The zero-order valence-electron chi connectivity index (χ0n) is 10.9. The molecule has 0 radical (unpaired) electrons. The first-order chi connectivity index (χ1) is 8.94. The Hall–Kier alpha value is -1.01. The van der Waals surface area contributed by atoms with E-state index < -0.39 is 15.1 Å². The van der Waals surface area contributed by atoms with Gasteiger partial charge in [0.05, 0.1) is 11.0 Å². The fraction of sp³-hybridized carbons (Fsp3) is 0.462. The molecule has 1 rings (SSSR count). The molecule has 0 saturated heterocycles. The summed E-state index contributed by atoms with van der Waals surface area (Å²) in [5.41, 5.74) is 1.03. The van der Waals surface area contributed by atoms with Crippen molar-refractivity contribution in [2.24, 2.45) is 0 Å². The molecule has 1 atom stereocenters. The molecule has 1 aromatic carbocycles. The van der Waals surface area contributed by atoms with Gasteiger partial charge in [-0.1, -0.05) is 37.3 Å². The van der Waals surface area contributed by atoms with Gasteiger partial charge in [-0.3, -0.25) is 4.79 Å². The largest absolute Gasteiger partial charge is 0.354 e. The summed E-state index contributed by atoms with van der Waals surface area (Å²) >= 11 is 4.24. The van der Waals surface area contributed by atoms with Crippen LogP contribution in [-0.2, 0) is 21.1 Å². The topological polar surface area (TPSA) is 63.2 Å². The lowest BCUT2D eigenvalue weighted by molar-refractivity contribution is -0.120. The van der Waals surface area contributed by atoms with Crippen molar-refractivity contribution in [3.63, 3.8) is 0 Å². The molecule has 0 spiro atoms. The maximum atomic E-state index is 11.7. The summed E-state index contributed by atoms with van der Waals surface area (Å²) < 4.78 is 22.5. The van der Waals surface area contributed by atoms with Crippen LogP contribution in [0.3, 0.4) is 0 Å². The summed E-state index contributed by atoms with van der Waals surface area (Å²) in [6.07, 6.45) is 0.524. The van der Waals surface area contributed by atoms with Gasteiger partial charge in [0, 0.05) is 12.3 Å². The molecular weight excluding hydrogens is 282 g/mol. The quantitative estimate of drug-likeness (QED) is 0.741. The lowest BCUT2D eigenvalue weighted by Crippen LogP contribution is -2.36. The highest BCUT2D eigenvalue weighted by Crippen LogP contribution is 2.07. The van der Waals surface area contributed by atoms with Gasteiger partial charge in [0.25, 0.3) is 0 Å². The molecule has 0 aliphatic carbocycles. The Morgan fingerprint density at radius 1 is 1.32 bits per heavy atom. The second kappa shape index (κ2) is 7.55. The fourth-order valence-corrected chi connectivity index (χ4v) is 2.53. The number of carbonyl (C=O) groups is 1. The molecule has 0 aliphatic rings. The van der Waals surface area contributed by atoms with Crippen LogP contribution in [0.25, 0.3) is 0 Å². The van der Waals surface area contributed by atoms with Gasteiger partial charge in [-0.25, -0.2) is 8.42 Å². The monoisotopic (exact) mass is 301 g/mol. The van der Waals surface area contributed by atoms with E-state index in [-0.39, 0.29) is 24.0 Å². The van der Waals surface area contributed by atoms with Crippen LogP contribution in [0.15, 0.2) is 30.3 Å². The lowest BCUT2D eigenvalue weighted by Gasteiger charge is -2.11. The van der Waals surface area contributed by atoms with E-state index in [1.807, 2.05) is 30.3 Å². The molecule has 0 heterocycles. The summed E-state index contributed by atoms with van der Waals surface area (Å²) in [7, 11) is -3.04. The van der Waals surface area contributed by atoms with Crippen LogP contribution in [-0.4, -0.2) is 37.6 Å². The maximum Gasteiger partial charge on any atom is 0.233 e. The molecule has 0 saturated carbocycles. The molecule has 0 aliphatic heterocycles. The van der Waals surface area contributed by atoms with Gasteiger partial charge in [0.15, 0.2) is 9.84 Å². The molecule has 1 N–H and O–H groups in total. The Morgan fingerprint density at radius 3 is 2.53 bits per heavy atom. The van der Waals surface area contributed by atoms with Gasteiger partial charge in [0.2, 0.25) is 5.91 Å². The predicted octanol–water partition coefficient (Wildman–Crippen LogP) is 1.08. The van der Waals surface area contributed by atoms with Crippen molar-refractivity contribution >= 4 is 28.4 Å². The Bertz CT molecular complexity index is 500. The number of amides is 1. The van der Waals surface area contributed by atoms with Crippen LogP contribution < -0.4 is 5.32 Å². The smallest absolute Gasteiger partial charge is 0.233 e. The fourth-order valence-electron chi connectivity index (χ4n) is 1.52. The Morgan fingerprint density at radius 2 is 1.95 bits per heavy atom. The first kappa shape index (κ1) is 16.0. The maximum absolute atomic E-state index is 11.7. The molecule has 106 valence electrons. The average molecular weight is 301 g/mol. The third kappa shape index (κ3) is 6.11. The molecule has 1 unspecified atom stereocenters. The van der Waals surface area contributed by atoms with Gasteiger partial charge in [-0.05, 0) is 12.0 Å². The SMILES string of the molecule is CCS(=O)(=O)CCNC(=O)C(S)Cc1ccccc1. The second-order valence-electron chi connectivity index (χ2n) is 4.23. The van der Waals surface area contributed by atoms with Crippen molar-refractivity contribution in [2.45, 2.75) is 18.6 Å². The van der Waals surface area contributed by atoms with Crippen LogP contribution in [0.4, 0.5) is 0 Å². The van der Waals surface area contributed by atoms with E-state index in [0.29, 0.717) is 6.42 Å². The van der Waals surface area contributed by atoms with E-state index in [1.165, 1.54) is 0 Å². The molecule has 0 fully saturated rings. The highest BCUT2D eigenvalue weighted by molar-refractivity contribution is 7.91. The summed E-state index contributed by atoms with van der Waals surface area (Å²) in [5.74, 6) is -0.170. The van der Waals surface area contributed by atoms with Gasteiger partial charge < -0.3 is 5.32 Å². The van der Waals surface area contributed by atoms with Crippen molar-refractivity contribution in [3.8, 4) is 0 Å². The van der Waals surface area contributed by atoms with Crippen LogP contribution in [0.1, 0.15) is 12.5 Å². The summed E-state index contributed by atoms with van der Waals surface area (Å²) in [6.45, 7) is 1.73. The average Bonchev–Trinajstić information content (AvgIpc) is 2.39. The third-order valence-corrected chi connectivity index (χ3v) is 4.85. The van der Waals surface area contributed by atoms with E-state index >= 15 is 0 Å². The Labute approximate surface area is 119 Å². The molecule has 0 bridgehead atoms. The van der Waals surface area contributed by atoms with Gasteiger partial charge in [-0.15, -0.1) is 0 Å². The Balaban J connectivity index is 2.37. The molecule has 1 amide bonds. The molecule has 6 heteroatoms. The molecule has 4 nitrogen and oxygen atoms in total. The number of benzene rings is 1. The first-order valence-corrected chi connectivity index (χ1v) is 8.48. The van der Waals surface area contributed by atoms with Crippen molar-refractivity contribution in [1.82, 2.24) is 5.32 Å². The molecule has 1 aromatic rings. The highest BCUT2D eigenvalue weighted by atomic mass is 32.2. The predicted molar refractivity (Wildman–Crippen MR) is 80.3 cm³/mol. The third-order valence-electron chi connectivity index (χ3n) is 2.73. The van der Waals surface area contributed by atoms with E-state index in [0.717, 1.165) is 5.56 Å². The van der Waals surface area contributed by atoms with Crippen molar-refractivity contribution in [3.05, 3.63) is 35.9 Å². The highest BCUT2D eigenvalue weighted by Gasteiger charge is 2.15.